The van der Waals surface area contributed by atoms with Gasteiger partial charge in [0.25, 0.3) is 0 Å². The minimum atomic E-state index is -1.14. The number of allylic oxidation sites excluding steroid dienone is 2. The third-order valence-corrected chi connectivity index (χ3v) is 2.46. The van der Waals surface area contributed by atoms with E-state index in [9.17, 15) is 14.9 Å². The van der Waals surface area contributed by atoms with Gasteiger partial charge >= 0.3 is 11.8 Å². The molecule has 2 aliphatic heterocycles. The highest BCUT2D eigenvalue weighted by Crippen LogP contribution is 2.26. The second-order valence-electron chi connectivity index (χ2n) is 3.72. The summed E-state index contributed by atoms with van der Waals surface area (Å²) in [4.78, 5) is 25.6. The molecule has 1 atom stereocenters. The molecule has 2 aliphatic rings. The number of aliphatic carboxylic acids is 1. The fourth-order valence-corrected chi connectivity index (χ4v) is 1.50. The molecule has 10 heteroatoms. The van der Waals surface area contributed by atoms with Crippen LogP contribution in [-0.4, -0.2) is 33.6 Å². The van der Waals surface area contributed by atoms with Gasteiger partial charge in [0.05, 0.1) is 11.9 Å². The highest BCUT2D eigenvalue weighted by Gasteiger charge is 2.37. The number of nitro groups is 1. The number of nitrogens with one attached hydrogen (secondary N) is 2. The largest absolute Gasteiger partial charge is 0.480 e. The molecule has 0 saturated heterocycles. The van der Waals surface area contributed by atoms with E-state index in [1.807, 2.05) is 0 Å². The Hall–Kier alpha value is -2.59. The van der Waals surface area contributed by atoms with E-state index in [4.69, 9.17) is 15.8 Å². The molecule has 5 N–H and O–H groups in total. The SMILES string of the molecule is NC(CNC1=CC=C([N+](=O)[O-])N2ONC=C12)C(=O)O. The Bertz CT molecular complexity index is 511. The number of carboxylic acids is 1. The minimum absolute atomic E-state index is 0.0199. The van der Waals surface area contributed by atoms with E-state index in [-0.39, 0.29) is 12.4 Å². The van der Waals surface area contributed by atoms with Gasteiger partial charge < -0.3 is 26.3 Å². The van der Waals surface area contributed by atoms with E-state index in [1.165, 1.54) is 18.4 Å². The van der Waals surface area contributed by atoms with Crippen molar-refractivity contribution < 1.29 is 19.8 Å². The summed E-state index contributed by atoms with van der Waals surface area (Å²) in [7, 11) is 0. The van der Waals surface area contributed by atoms with Crippen molar-refractivity contribution in [3.05, 3.63) is 45.7 Å². The number of nitrogens with zero attached hydrogens (tertiary/aromatic N) is 2. The van der Waals surface area contributed by atoms with E-state index >= 15 is 0 Å². The normalized spacial score (nSPS) is 18.6. The number of hydrogen-bond acceptors (Lipinski definition) is 8. The lowest BCUT2D eigenvalue weighted by molar-refractivity contribution is -0.465. The number of hydrogen-bond donors (Lipinski definition) is 4. The smallest absolute Gasteiger partial charge is 0.355 e. The Labute approximate surface area is 106 Å². The van der Waals surface area contributed by atoms with Crippen molar-refractivity contribution in [3.8, 4) is 0 Å². The maximum absolute atomic E-state index is 10.8. The highest BCUT2D eigenvalue weighted by atomic mass is 16.8. The van der Waals surface area contributed by atoms with E-state index in [1.54, 1.807) is 0 Å². The van der Waals surface area contributed by atoms with Gasteiger partial charge in [0, 0.05) is 12.6 Å². The third-order valence-electron chi connectivity index (χ3n) is 2.46. The molecule has 0 aliphatic carbocycles. The van der Waals surface area contributed by atoms with Crippen molar-refractivity contribution in [3.63, 3.8) is 0 Å². The maximum atomic E-state index is 10.8. The number of carboxylic acid groups (broad SMARTS) is 1. The lowest BCUT2D eigenvalue weighted by Crippen LogP contribution is -2.41. The molecule has 0 aromatic carbocycles. The van der Waals surface area contributed by atoms with Crippen LogP contribution in [0.3, 0.4) is 0 Å². The van der Waals surface area contributed by atoms with Crippen molar-refractivity contribution in [2.24, 2.45) is 5.73 Å². The van der Waals surface area contributed by atoms with E-state index in [0.717, 1.165) is 5.06 Å². The van der Waals surface area contributed by atoms with Crippen LogP contribution in [0.15, 0.2) is 35.6 Å². The maximum Gasteiger partial charge on any atom is 0.355 e. The average molecular weight is 269 g/mol. The molecule has 1 unspecified atom stereocenters. The second-order valence-corrected chi connectivity index (χ2v) is 3.72. The molecule has 0 spiro atoms. The molecule has 2 heterocycles. The van der Waals surface area contributed by atoms with Crippen LogP contribution >= 0.6 is 0 Å². The Kier molecular flexibility index (Phi) is 3.35. The molecule has 0 bridgehead atoms. The Balaban J connectivity index is 2.13. The van der Waals surface area contributed by atoms with Crippen LogP contribution in [0.4, 0.5) is 0 Å². The molecule has 0 amide bonds. The Morgan fingerprint density at radius 2 is 2.42 bits per heavy atom. The zero-order chi connectivity index (χ0) is 14.0. The fraction of sp³-hybridized carbons (Fsp3) is 0.222. The summed E-state index contributed by atoms with van der Waals surface area (Å²) in [6.07, 6.45) is 4.09. The van der Waals surface area contributed by atoms with Crippen LogP contribution in [0.25, 0.3) is 0 Å². The van der Waals surface area contributed by atoms with Gasteiger partial charge in [-0.2, -0.15) is 0 Å². The number of fused-ring (bicyclic) bond motifs is 1. The van der Waals surface area contributed by atoms with Crippen LogP contribution in [-0.2, 0) is 9.73 Å². The Morgan fingerprint density at radius 1 is 1.68 bits per heavy atom. The van der Waals surface area contributed by atoms with Gasteiger partial charge in [0.1, 0.15) is 6.04 Å². The predicted octanol–water partition coefficient (Wildman–Crippen LogP) is -1.40. The molecule has 0 fully saturated rings. The summed E-state index contributed by atoms with van der Waals surface area (Å²) in [6, 6.07) is -1.08. The van der Waals surface area contributed by atoms with Crippen LogP contribution < -0.4 is 16.5 Å². The van der Waals surface area contributed by atoms with E-state index < -0.39 is 16.9 Å². The minimum Gasteiger partial charge on any atom is -0.480 e. The van der Waals surface area contributed by atoms with Crippen LogP contribution in [0, 0.1) is 10.1 Å². The molecule has 102 valence electrons. The first kappa shape index (κ1) is 12.9. The van der Waals surface area contributed by atoms with Gasteiger partial charge in [-0.05, 0) is 16.1 Å². The molecule has 0 saturated carbocycles. The molecule has 10 nitrogen and oxygen atoms in total. The number of hydroxylamine groups is 3. The first-order chi connectivity index (χ1) is 9.00. The zero-order valence-electron chi connectivity index (χ0n) is 9.57. The van der Waals surface area contributed by atoms with Gasteiger partial charge in [-0.1, -0.05) is 4.94 Å². The zero-order valence-corrected chi connectivity index (χ0v) is 9.57. The summed E-state index contributed by atoms with van der Waals surface area (Å²) in [6.45, 7) is -0.0199. The summed E-state index contributed by atoms with van der Waals surface area (Å²) in [5, 5.41) is 23.2. The number of rotatable bonds is 5. The lowest BCUT2D eigenvalue weighted by Gasteiger charge is -2.19. The summed E-state index contributed by atoms with van der Waals surface area (Å²) in [5.41, 5.74) is 8.57. The van der Waals surface area contributed by atoms with Crippen molar-refractivity contribution in [1.29, 1.82) is 0 Å². The molecular formula is C9H11N5O5. The van der Waals surface area contributed by atoms with Gasteiger partial charge in [-0.3, -0.25) is 4.79 Å². The standard InChI is InChI=1S/C9H11N5O5/c10-5(9(15)16)3-11-6-1-2-8(14(17)18)13-7(6)4-12-19-13/h1-2,4-5,11-12H,3,10H2,(H,15,16). The summed E-state index contributed by atoms with van der Waals surface area (Å²) in [5.74, 6) is -1.40. The molecule has 19 heavy (non-hydrogen) atoms. The number of carbonyl (C=O) groups is 1. The monoisotopic (exact) mass is 269 g/mol. The second kappa shape index (κ2) is 4.96. The van der Waals surface area contributed by atoms with Crippen molar-refractivity contribution in [2.75, 3.05) is 6.54 Å². The molecular weight excluding hydrogens is 258 g/mol. The third kappa shape index (κ3) is 2.48. The molecule has 0 radical (unpaired) electrons. The van der Waals surface area contributed by atoms with Crippen molar-refractivity contribution in [1.82, 2.24) is 15.9 Å². The topological polar surface area (TPSA) is 143 Å². The highest BCUT2D eigenvalue weighted by molar-refractivity contribution is 5.73. The summed E-state index contributed by atoms with van der Waals surface area (Å²) < 4.78 is 0. The van der Waals surface area contributed by atoms with Crippen LogP contribution in [0.1, 0.15) is 0 Å². The number of nitrogens with two attached hydrogens (primary N) is 1. The van der Waals surface area contributed by atoms with Gasteiger partial charge in [-0.15, -0.1) is 0 Å². The first-order valence-corrected chi connectivity index (χ1v) is 5.22. The Morgan fingerprint density at radius 3 is 3.05 bits per heavy atom. The van der Waals surface area contributed by atoms with Crippen molar-refractivity contribution >= 4 is 5.97 Å². The summed E-state index contributed by atoms with van der Waals surface area (Å²) >= 11 is 0. The molecule has 0 aromatic heterocycles. The van der Waals surface area contributed by atoms with Gasteiger partial charge in [0.15, 0.2) is 0 Å². The molecule has 2 rings (SSSR count). The van der Waals surface area contributed by atoms with E-state index in [2.05, 4.69) is 10.8 Å². The van der Waals surface area contributed by atoms with Crippen LogP contribution in [0.2, 0.25) is 0 Å². The quantitative estimate of drug-likeness (QED) is 0.349. The molecule has 0 aromatic rings. The van der Waals surface area contributed by atoms with Gasteiger partial charge in [0.2, 0.25) is 5.70 Å². The van der Waals surface area contributed by atoms with Gasteiger partial charge in [-0.25, -0.2) is 5.48 Å². The predicted molar refractivity (Wildman–Crippen MR) is 60.9 cm³/mol. The lowest BCUT2D eigenvalue weighted by atomic mass is 10.2. The fourth-order valence-electron chi connectivity index (χ4n) is 1.50. The van der Waals surface area contributed by atoms with Crippen LogP contribution in [0.5, 0.6) is 0 Å². The first-order valence-electron chi connectivity index (χ1n) is 5.22. The van der Waals surface area contributed by atoms with E-state index in [0.29, 0.717) is 11.4 Å². The average Bonchev–Trinajstić information content (AvgIpc) is 2.83. The van der Waals surface area contributed by atoms with Crippen molar-refractivity contribution in [2.45, 2.75) is 6.04 Å².